The fraction of sp³-hybridized carbons (Fsp3) is 0.538. The fourth-order valence-corrected chi connectivity index (χ4v) is 1.68. The number of benzene rings is 1. The lowest BCUT2D eigenvalue weighted by Crippen LogP contribution is -2.15. The van der Waals surface area contributed by atoms with Crippen LogP contribution in [0.15, 0.2) is 18.2 Å². The van der Waals surface area contributed by atoms with Gasteiger partial charge >= 0.3 is 0 Å². The lowest BCUT2D eigenvalue weighted by molar-refractivity contribution is 0.448. The Morgan fingerprint density at radius 3 is 2.67 bits per heavy atom. The molecule has 0 bridgehead atoms. The van der Waals surface area contributed by atoms with Crippen LogP contribution in [0.25, 0.3) is 0 Å². The van der Waals surface area contributed by atoms with E-state index in [0.29, 0.717) is 17.0 Å². The fourth-order valence-electron chi connectivity index (χ4n) is 1.68. The van der Waals surface area contributed by atoms with E-state index in [0.717, 1.165) is 12.8 Å². The summed E-state index contributed by atoms with van der Waals surface area (Å²) in [5.41, 5.74) is 7.32. The Labute approximate surface area is 91.5 Å². The van der Waals surface area contributed by atoms with Crippen molar-refractivity contribution in [1.29, 1.82) is 0 Å². The summed E-state index contributed by atoms with van der Waals surface area (Å²) in [5.74, 6) is 0.396. The number of aryl methyl sites for hydroxylation is 1. The average molecular weight is 209 g/mol. The molecule has 84 valence electrons. The van der Waals surface area contributed by atoms with Gasteiger partial charge in [-0.3, -0.25) is 0 Å². The summed E-state index contributed by atoms with van der Waals surface area (Å²) in [6, 6.07) is 5.24. The van der Waals surface area contributed by atoms with Gasteiger partial charge in [-0.15, -0.1) is 0 Å². The molecule has 0 aliphatic heterocycles. The number of hydrogen-bond acceptors (Lipinski definition) is 1. The Kier molecular flexibility index (Phi) is 4.28. The predicted octanol–water partition coefficient (Wildman–Crippen LogP) is 3.57. The van der Waals surface area contributed by atoms with Gasteiger partial charge in [-0.2, -0.15) is 0 Å². The average Bonchev–Trinajstić information content (AvgIpc) is 2.21. The second-order valence-corrected chi connectivity index (χ2v) is 4.33. The van der Waals surface area contributed by atoms with Crippen LogP contribution in [0.2, 0.25) is 0 Å². The first-order chi connectivity index (χ1) is 7.06. The van der Waals surface area contributed by atoms with E-state index in [1.165, 1.54) is 0 Å². The van der Waals surface area contributed by atoms with E-state index >= 15 is 0 Å². The maximum atomic E-state index is 13.7. The van der Waals surface area contributed by atoms with Crippen LogP contribution < -0.4 is 5.73 Å². The van der Waals surface area contributed by atoms with Crippen LogP contribution in [0.1, 0.15) is 43.9 Å². The van der Waals surface area contributed by atoms with E-state index in [9.17, 15) is 4.39 Å². The molecular weight excluding hydrogens is 189 g/mol. The van der Waals surface area contributed by atoms with Crippen molar-refractivity contribution in [2.24, 2.45) is 11.7 Å². The van der Waals surface area contributed by atoms with E-state index in [2.05, 4.69) is 13.8 Å². The second-order valence-electron chi connectivity index (χ2n) is 4.33. The lowest BCUT2D eigenvalue weighted by atomic mass is 9.94. The lowest BCUT2D eigenvalue weighted by Gasteiger charge is -2.17. The molecule has 0 amide bonds. The summed E-state index contributed by atoms with van der Waals surface area (Å²) >= 11 is 0. The first-order valence-electron chi connectivity index (χ1n) is 5.56. The highest BCUT2D eigenvalue weighted by Gasteiger charge is 2.14. The number of halogens is 1. The van der Waals surface area contributed by atoms with Crippen molar-refractivity contribution < 1.29 is 4.39 Å². The maximum absolute atomic E-state index is 13.7. The molecule has 0 heterocycles. The number of hydrogen-bond donors (Lipinski definition) is 1. The molecule has 2 unspecified atom stereocenters. The van der Waals surface area contributed by atoms with E-state index < -0.39 is 0 Å². The van der Waals surface area contributed by atoms with Crippen molar-refractivity contribution in [3.63, 3.8) is 0 Å². The third-order valence-electron chi connectivity index (χ3n) is 2.97. The van der Waals surface area contributed by atoms with Crippen LogP contribution in [0.5, 0.6) is 0 Å². The zero-order chi connectivity index (χ0) is 11.4. The van der Waals surface area contributed by atoms with Gasteiger partial charge in [0.15, 0.2) is 0 Å². The first-order valence-corrected chi connectivity index (χ1v) is 5.56. The predicted molar refractivity (Wildman–Crippen MR) is 62.1 cm³/mol. The smallest absolute Gasteiger partial charge is 0.130 e. The second kappa shape index (κ2) is 5.26. The van der Waals surface area contributed by atoms with E-state index in [-0.39, 0.29) is 11.9 Å². The minimum Gasteiger partial charge on any atom is -0.324 e. The standard InChI is InChI=1S/C13H20FN/c1-4-9(2)8-12(15)11-7-5-6-10(3)13(11)14/h5-7,9,12H,4,8,15H2,1-3H3. The molecule has 0 aliphatic rings. The molecule has 0 spiro atoms. The van der Waals surface area contributed by atoms with Gasteiger partial charge in [0.25, 0.3) is 0 Å². The van der Waals surface area contributed by atoms with Gasteiger partial charge in [0.1, 0.15) is 5.82 Å². The van der Waals surface area contributed by atoms with Gasteiger partial charge in [0.2, 0.25) is 0 Å². The maximum Gasteiger partial charge on any atom is 0.130 e. The zero-order valence-corrected chi connectivity index (χ0v) is 9.76. The van der Waals surface area contributed by atoms with Crippen molar-refractivity contribution in [3.05, 3.63) is 35.1 Å². The molecule has 0 aromatic heterocycles. The van der Waals surface area contributed by atoms with Crippen LogP contribution in [0.3, 0.4) is 0 Å². The normalized spacial score (nSPS) is 15.0. The Balaban J connectivity index is 2.82. The third kappa shape index (κ3) is 3.03. The Morgan fingerprint density at radius 2 is 2.07 bits per heavy atom. The van der Waals surface area contributed by atoms with Crippen molar-refractivity contribution >= 4 is 0 Å². The van der Waals surface area contributed by atoms with Crippen molar-refractivity contribution in [2.45, 2.75) is 39.7 Å². The molecule has 15 heavy (non-hydrogen) atoms. The molecule has 0 saturated heterocycles. The minimum absolute atomic E-state index is 0.145. The van der Waals surface area contributed by atoms with Crippen LogP contribution in [0, 0.1) is 18.7 Å². The monoisotopic (exact) mass is 209 g/mol. The topological polar surface area (TPSA) is 26.0 Å². The summed E-state index contributed by atoms with van der Waals surface area (Å²) in [6.07, 6.45) is 1.93. The van der Waals surface area contributed by atoms with Gasteiger partial charge in [-0.25, -0.2) is 4.39 Å². The molecule has 2 heteroatoms. The molecule has 1 aromatic carbocycles. The number of rotatable bonds is 4. The first kappa shape index (κ1) is 12.2. The van der Waals surface area contributed by atoms with Crippen LogP contribution in [-0.4, -0.2) is 0 Å². The highest BCUT2D eigenvalue weighted by atomic mass is 19.1. The molecule has 0 saturated carbocycles. The van der Waals surface area contributed by atoms with E-state index in [1.54, 1.807) is 19.1 Å². The molecule has 2 atom stereocenters. The van der Waals surface area contributed by atoms with Gasteiger partial charge in [0, 0.05) is 11.6 Å². The molecular formula is C13H20FN. The van der Waals surface area contributed by atoms with Crippen LogP contribution in [-0.2, 0) is 0 Å². The molecule has 1 nitrogen and oxygen atoms in total. The summed E-state index contributed by atoms with van der Waals surface area (Å²) in [7, 11) is 0. The van der Waals surface area contributed by atoms with E-state index in [1.807, 2.05) is 6.07 Å². The van der Waals surface area contributed by atoms with Crippen molar-refractivity contribution in [1.82, 2.24) is 0 Å². The Bertz CT molecular complexity index is 322. The summed E-state index contributed by atoms with van der Waals surface area (Å²) in [4.78, 5) is 0. The van der Waals surface area contributed by atoms with Gasteiger partial charge in [0.05, 0.1) is 0 Å². The summed E-state index contributed by atoms with van der Waals surface area (Å²) < 4.78 is 13.7. The molecule has 0 fully saturated rings. The molecule has 1 rings (SSSR count). The minimum atomic E-state index is -0.181. The quantitative estimate of drug-likeness (QED) is 0.806. The molecule has 1 aromatic rings. The Morgan fingerprint density at radius 1 is 1.40 bits per heavy atom. The van der Waals surface area contributed by atoms with Gasteiger partial charge in [-0.05, 0) is 24.8 Å². The highest BCUT2D eigenvalue weighted by molar-refractivity contribution is 5.27. The molecule has 0 radical (unpaired) electrons. The van der Waals surface area contributed by atoms with Crippen LogP contribution in [0.4, 0.5) is 4.39 Å². The highest BCUT2D eigenvalue weighted by Crippen LogP contribution is 2.24. The summed E-state index contributed by atoms with van der Waals surface area (Å²) in [5, 5.41) is 0. The van der Waals surface area contributed by atoms with Crippen molar-refractivity contribution in [2.75, 3.05) is 0 Å². The summed E-state index contributed by atoms with van der Waals surface area (Å²) in [6.45, 7) is 6.05. The molecule has 0 aliphatic carbocycles. The number of nitrogens with two attached hydrogens (primary N) is 1. The van der Waals surface area contributed by atoms with Crippen molar-refractivity contribution in [3.8, 4) is 0 Å². The SMILES string of the molecule is CCC(C)CC(N)c1cccc(C)c1F. The van der Waals surface area contributed by atoms with E-state index in [4.69, 9.17) is 5.73 Å². The van der Waals surface area contributed by atoms with Gasteiger partial charge < -0.3 is 5.73 Å². The zero-order valence-electron chi connectivity index (χ0n) is 9.76. The molecule has 2 N–H and O–H groups in total. The largest absolute Gasteiger partial charge is 0.324 e. The van der Waals surface area contributed by atoms with Gasteiger partial charge in [-0.1, -0.05) is 38.5 Å². The third-order valence-corrected chi connectivity index (χ3v) is 2.97. The van der Waals surface area contributed by atoms with Crippen LogP contribution >= 0.6 is 0 Å². The Hall–Kier alpha value is -0.890.